The Hall–Kier alpha value is -1.55. The molecule has 1 aliphatic carbocycles. The average Bonchev–Trinajstić information content (AvgIpc) is 2.69. The summed E-state index contributed by atoms with van der Waals surface area (Å²) < 4.78 is 8.19. The van der Waals surface area contributed by atoms with Crippen LogP contribution in [-0.2, 0) is 4.74 Å². The van der Waals surface area contributed by atoms with E-state index in [1.54, 1.807) is 0 Å². The van der Waals surface area contributed by atoms with Crippen LogP contribution in [0.4, 0.5) is 5.69 Å². The van der Waals surface area contributed by atoms with E-state index in [0.717, 1.165) is 30.1 Å². The Balaban J connectivity index is 2.02. The van der Waals surface area contributed by atoms with E-state index in [0.29, 0.717) is 12.1 Å². The van der Waals surface area contributed by atoms with Gasteiger partial charge in [0, 0.05) is 23.8 Å². The smallest absolute Gasteiger partial charge is 0.107 e. The highest BCUT2D eigenvalue weighted by atomic mass is 16.5. The Morgan fingerprint density at radius 3 is 2.85 bits per heavy atom. The van der Waals surface area contributed by atoms with Gasteiger partial charge in [-0.25, -0.2) is 4.98 Å². The molecule has 1 aliphatic rings. The summed E-state index contributed by atoms with van der Waals surface area (Å²) in [6, 6.07) is 6.41. The molecule has 2 aromatic rings. The van der Waals surface area contributed by atoms with Crippen LogP contribution in [0.5, 0.6) is 0 Å². The largest absolute Gasteiger partial charge is 0.399 e. The van der Waals surface area contributed by atoms with Crippen molar-refractivity contribution >= 4 is 16.7 Å². The Bertz CT molecular complexity index is 644. The van der Waals surface area contributed by atoms with Gasteiger partial charge in [-0.05, 0) is 38.5 Å². The van der Waals surface area contributed by atoms with E-state index >= 15 is 0 Å². The van der Waals surface area contributed by atoms with Gasteiger partial charge in [0.05, 0.1) is 17.1 Å². The second kappa shape index (κ2) is 4.48. The van der Waals surface area contributed by atoms with Gasteiger partial charge in [0.2, 0.25) is 0 Å². The summed E-state index contributed by atoms with van der Waals surface area (Å²) in [5, 5.41) is 0. The maximum absolute atomic E-state index is 5.85. The van der Waals surface area contributed by atoms with Crippen molar-refractivity contribution in [1.82, 2.24) is 9.55 Å². The zero-order valence-electron chi connectivity index (χ0n) is 12.7. The van der Waals surface area contributed by atoms with E-state index in [-0.39, 0.29) is 5.41 Å². The topological polar surface area (TPSA) is 53.1 Å². The van der Waals surface area contributed by atoms with E-state index in [1.807, 2.05) is 12.1 Å². The molecule has 108 valence electrons. The number of benzene rings is 1. The third-order valence-electron chi connectivity index (χ3n) is 4.70. The van der Waals surface area contributed by atoms with Crippen LogP contribution in [0.25, 0.3) is 11.0 Å². The molecule has 0 bridgehead atoms. The first-order valence-corrected chi connectivity index (χ1v) is 7.30. The van der Waals surface area contributed by atoms with E-state index in [1.165, 1.54) is 5.52 Å². The molecule has 1 fully saturated rings. The number of fused-ring (bicyclic) bond motifs is 1. The third kappa shape index (κ3) is 1.82. The number of hydrogen-bond donors (Lipinski definition) is 1. The molecule has 0 saturated heterocycles. The van der Waals surface area contributed by atoms with Gasteiger partial charge in [0.25, 0.3) is 0 Å². The van der Waals surface area contributed by atoms with Crippen LogP contribution in [0.2, 0.25) is 0 Å². The number of nitrogens with zero attached hydrogens (tertiary/aromatic N) is 2. The highest BCUT2D eigenvalue weighted by molar-refractivity contribution is 5.79. The lowest BCUT2D eigenvalue weighted by atomic mass is 9.64. The highest BCUT2D eigenvalue weighted by Gasteiger charge is 2.50. The SMILES string of the molecule is CCOC1CC(n2c(C)nc3cc(N)ccc32)C1(C)C. The van der Waals surface area contributed by atoms with Crippen LogP contribution >= 0.6 is 0 Å². The van der Waals surface area contributed by atoms with Crippen LogP contribution in [0.3, 0.4) is 0 Å². The van der Waals surface area contributed by atoms with Gasteiger partial charge < -0.3 is 15.0 Å². The number of aromatic nitrogens is 2. The van der Waals surface area contributed by atoms with Crippen LogP contribution < -0.4 is 5.73 Å². The molecular formula is C16H23N3O. The van der Waals surface area contributed by atoms with Crippen molar-refractivity contribution in [2.24, 2.45) is 5.41 Å². The predicted molar refractivity (Wildman–Crippen MR) is 81.7 cm³/mol. The van der Waals surface area contributed by atoms with Crippen LogP contribution in [0.1, 0.15) is 39.1 Å². The zero-order chi connectivity index (χ0) is 14.5. The van der Waals surface area contributed by atoms with Crippen LogP contribution in [0, 0.1) is 12.3 Å². The number of ether oxygens (including phenoxy) is 1. The standard InChI is InChI=1S/C16H23N3O/c1-5-20-15-9-14(16(15,3)4)19-10(2)18-12-8-11(17)6-7-13(12)19/h6-8,14-15H,5,9,17H2,1-4H3. The quantitative estimate of drug-likeness (QED) is 0.873. The molecule has 20 heavy (non-hydrogen) atoms. The average molecular weight is 273 g/mol. The van der Waals surface area contributed by atoms with E-state index in [9.17, 15) is 0 Å². The molecule has 1 heterocycles. The van der Waals surface area contributed by atoms with Crippen molar-refractivity contribution in [3.8, 4) is 0 Å². The van der Waals surface area contributed by atoms with Gasteiger partial charge in [-0.15, -0.1) is 0 Å². The number of rotatable bonds is 3. The van der Waals surface area contributed by atoms with Crippen molar-refractivity contribution in [2.75, 3.05) is 12.3 Å². The van der Waals surface area contributed by atoms with Crippen molar-refractivity contribution in [3.05, 3.63) is 24.0 Å². The summed E-state index contributed by atoms with van der Waals surface area (Å²) >= 11 is 0. The van der Waals surface area contributed by atoms with Crippen molar-refractivity contribution in [2.45, 2.75) is 46.3 Å². The molecule has 1 aromatic carbocycles. The van der Waals surface area contributed by atoms with E-state index in [2.05, 4.69) is 43.3 Å². The molecule has 0 aliphatic heterocycles. The molecule has 2 unspecified atom stereocenters. The lowest BCUT2D eigenvalue weighted by molar-refractivity contribution is -0.127. The minimum Gasteiger partial charge on any atom is -0.399 e. The number of nitrogen functional groups attached to an aromatic ring is 1. The molecule has 0 amide bonds. The van der Waals surface area contributed by atoms with E-state index < -0.39 is 0 Å². The summed E-state index contributed by atoms with van der Waals surface area (Å²) in [5.41, 5.74) is 8.91. The Labute approximate surface area is 119 Å². The van der Waals surface area contributed by atoms with Crippen molar-refractivity contribution in [1.29, 1.82) is 0 Å². The first-order valence-electron chi connectivity index (χ1n) is 7.30. The number of anilines is 1. The fourth-order valence-electron chi connectivity index (χ4n) is 3.42. The number of imidazole rings is 1. The normalized spacial score (nSPS) is 24.8. The summed E-state index contributed by atoms with van der Waals surface area (Å²) in [4.78, 5) is 4.66. The van der Waals surface area contributed by atoms with Gasteiger partial charge in [-0.3, -0.25) is 0 Å². The highest BCUT2D eigenvalue weighted by Crippen LogP contribution is 2.52. The molecule has 0 spiro atoms. The number of hydrogen-bond acceptors (Lipinski definition) is 3. The number of aryl methyl sites for hydroxylation is 1. The molecule has 4 nitrogen and oxygen atoms in total. The molecular weight excluding hydrogens is 250 g/mol. The molecule has 2 atom stereocenters. The lowest BCUT2D eigenvalue weighted by Crippen LogP contribution is -2.51. The maximum Gasteiger partial charge on any atom is 0.107 e. The Morgan fingerprint density at radius 2 is 2.20 bits per heavy atom. The predicted octanol–water partition coefficient (Wildman–Crippen LogP) is 3.30. The molecule has 3 rings (SSSR count). The first-order chi connectivity index (χ1) is 9.45. The van der Waals surface area contributed by atoms with Gasteiger partial charge in [-0.1, -0.05) is 13.8 Å². The monoisotopic (exact) mass is 273 g/mol. The Kier molecular flexibility index (Phi) is 3.01. The molecule has 1 aromatic heterocycles. The molecule has 0 radical (unpaired) electrons. The van der Waals surface area contributed by atoms with Gasteiger partial charge in [0.15, 0.2) is 0 Å². The second-order valence-electron chi connectivity index (χ2n) is 6.29. The third-order valence-corrected chi connectivity index (χ3v) is 4.70. The van der Waals surface area contributed by atoms with E-state index in [4.69, 9.17) is 10.5 Å². The van der Waals surface area contributed by atoms with Gasteiger partial charge in [-0.2, -0.15) is 0 Å². The maximum atomic E-state index is 5.85. The van der Waals surface area contributed by atoms with Gasteiger partial charge >= 0.3 is 0 Å². The number of nitrogens with two attached hydrogens (primary N) is 1. The summed E-state index contributed by atoms with van der Waals surface area (Å²) in [5.74, 6) is 1.05. The summed E-state index contributed by atoms with van der Waals surface area (Å²) in [6.07, 6.45) is 1.39. The van der Waals surface area contributed by atoms with Crippen molar-refractivity contribution in [3.63, 3.8) is 0 Å². The van der Waals surface area contributed by atoms with Crippen LogP contribution in [-0.4, -0.2) is 22.3 Å². The molecule has 1 saturated carbocycles. The molecule has 2 N–H and O–H groups in total. The van der Waals surface area contributed by atoms with Crippen LogP contribution in [0.15, 0.2) is 18.2 Å². The minimum atomic E-state index is 0.135. The zero-order valence-corrected chi connectivity index (χ0v) is 12.7. The van der Waals surface area contributed by atoms with Crippen molar-refractivity contribution < 1.29 is 4.74 Å². The van der Waals surface area contributed by atoms with Gasteiger partial charge in [0.1, 0.15) is 5.82 Å². The minimum absolute atomic E-state index is 0.135. The fourth-order valence-corrected chi connectivity index (χ4v) is 3.42. The summed E-state index contributed by atoms with van der Waals surface area (Å²) in [7, 11) is 0. The second-order valence-corrected chi connectivity index (χ2v) is 6.29. The summed E-state index contributed by atoms with van der Waals surface area (Å²) in [6.45, 7) is 9.47. The lowest BCUT2D eigenvalue weighted by Gasteiger charge is -2.52. The molecule has 4 heteroatoms. The Morgan fingerprint density at radius 1 is 1.45 bits per heavy atom. The first kappa shape index (κ1) is 13.4. The fraction of sp³-hybridized carbons (Fsp3) is 0.562.